The van der Waals surface area contributed by atoms with Crippen molar-refractivity contribution in [1.29, 1.82) is 0 Å². The Labute approximate surface area is 326 Å². The van der Waals surface area contributed by atoms with Crippen LogP contribution in [0.5, 0.6) is 0 Å². The Bertz CT molecular complexity index is 3450. The summed E-state index contributed by atoms with van der Waals surface area (Å²) in [6.45, 7) is 0. The molecule has 0 aliphatic carbocycles. The molecule has 6 heteroatoms. The van der Waals surface area contributed by atoms with Gasteiger partial charge in [-0.25, -0.2) is 15.0 Å². The van der Waals surface area contributed by atoms with Crippen LogP contribution < -0.4 is 0 Å². The first-order valence-corrected chi connectivity index (χ1v) is 19.1. The SMILES string of the molecule is c1ccc(-c2nc(-c3ccccc3)nc(-c3cc4c5ccccc5oc4c4c3c3ccccc3n4-c3ccc4c(c3)c3ccccc3n4-c3ccccc3)n2)cc1. The molecule has 0 saturated carbocycles. The normalized spacial score (nSPS) is 11.9. The molecule has 0 unspecified atom stereocenters. The van der Waals surface area contributed by atoms with E-state index in [9.17, 15) is 0 Å². The summed E-state index contributed by atoms with van der Waals surface area (Å²) in [6.07, 6.45) is 0. The van der Waals surface area contributed by atoms with Gasteiger partial charge in [-0.3, -0.25) is 0 Å². The average molecular weight is 730 g/mol. The average Bonchev–Trinajstić information content (AvgIpc) is 3.95. The standard InChI is InChI=1S/C51H31N5O/c1-4-16-32(17-5-1)49-52-50(33-18-6-2-7-19-33)54-51(53-49)41-31-40-37-23-12-15-27-45(37)57-48(40)47-46(41)38-24-11-14-26-43(38)56(47)35-28-29-44-39(30-35)36-22-10-13-25-42(36)55(44)34-20-8-3-9-21-34/h1-31H. The van der Waals surface area contributed by atoms with Crippen molar-refractivity contribution in [3.63, 3.8) is 0 Å². The molecule has 0 amide bonds. The molecule has 0 fully saturated rings. The van der Waals surface area contributed by atoms with Crippen LogP contribution in [0.15, 0.2) is 192 Å². The third kappa shape index (κ3) is 4.81. The van der Waals surface area contributed by atoms with E-state index in [1.165, 1.54) is 16.3 Å². The Kier molecular flexibility index (Phi) is 6.83. The maximum atomic E-state index is 6.88. The Morgan fingerprint density at radius 1 is 0.368 bits per heavy atom. The van der Waals surface area contributed by atoms with Crippen molar-refractivity contribution < 1.29 is 4.42 Å². The van der Waals surface area contributed by atoms with E-state index < -0.39 is 0 Å². The van der Waals surface area contributed by atoms with Crippen LogP contribution in [-0.2, 0) is 0 Å². The first kappa shape index (κ1) is 31.5. The van der Waals surface area contributed by atoms with Gasteiger partial charge in [-0.1, -0.05) is 133 Å². The van der Waals surface area contributed by atoms with Crippen molar-refractivity contribution in [2.24, 2.45) is 0 Å². The third-order valence-electron chi connectivity index (χ3n) is 11.2. The van der Waals surface area contributed by atoms with Crippen LogP contribution in [-0.4, -0.2) is 24.1 Å². The second-order valence-electron chi connectivity index (χ2n) is 14.4. The van der Waals surface area contributed by atoms with E-state index in [1.807, 2.05) is 72.8 Å². The number of hydrogen-bond acceptors (Lipinski definition) is 4. The number of rotatable bonds is 5. The minimum absolute atomic E-state index is 0.601. The number of furan rings is 1. The summed E-state index contributed by atoms with van der Waals surface area (Å²) in [6, 6.07) is 65.4. The molecule has 12 aromatic rings. The molecule has 0 aliphatic rings. The molecule has 0 radical (unpaired) electrons. The van der Waals surface area contributed by atoms with Crippen LogP contribution in [0, 0.1) is 0 Å². The Morgan fingerprint density at radius 2 is 0.912 bits per heavy atom. The maximum Gasteiger partial charge on any atom is 0.164 e. The molecule has 0 N–H and O–H groups in total. The molecule has 8 aromatic carbocycles. The van der Waals surface area contributed by atoms with Crippen molar-refractivity contribution in [1.82, 2.24) is 24.1 Å². The number of aromatic nitrogens is 5. The summed E-state index contributed by atoms with van der Waals surface area (Å²) < 4.78 is 11.6. The van der Waals surface area contributed by atoms with E-state index in [1.54, 1.807) is 0 Å². The van der Waals surface area contributed by atoms with Gasteiger partial charge in [0.05, 0.1) is 22.1 Å². The quantitative estimate of drug-likeness (QED) is 0.177. The number of benzene rings is 8. The maximum absolute atomic E-state index is 6.88. The molecule has 6 nitrogen and oxygen atoms in total. The highest BCUT2D eigenvalue weighted by atomic mass is 16.3. The molecular formula is C51H31N5O. The first-order chi connectivity index (χ1) is 28.3. The zero-order valence-corrected chi connectivity index (χ0v) is 30.5. The van der Waals surface area contributed by atoms with Crippen molar-refractivity contribution in [3.05, 3.63) is 188 Å². The van der Waals surface area contributed by atoms with Crippen LogP contribution in [0.25, 0.3) is 111 Å². The molecule has 0 spiro atoms. The zero-order chi connectivity index (χ0) is 37.5. The van der Waals surface area contributed by atoms with Crippen LogP contribution in [0.1, 0.15) is 0 Å². The van der Waals surface area contributed by atoms with Gasteiger partial charge < -0.3 is 13.6 Å². The Balaban J connectivity index is 1.21. The molecule has 12 rings (SSSR count). The highest BCUT2D eigenvalue weighted by molar-refractivity contribution is 6.26. The predicted octanol–water partition coefficient (Wildman–Crippen LogP) is 13.0. The number of para-hydroxylation sites is 4. The summed E-state index contributed by atoms with van der Waals surface area (Å²) in [5.74, 6) is 1.84. The number of fused-ring (bicyclic) bond motifs is 10. The lowest BCUT2D eigenvalue weighted by Gasteiger charge is -2.12. The van der Waals surface area contributed by atoms with Gasteiger partial charge in [0.25, 0.3) is 0 Å². The molecule has 0 saturated heterocycles. The van der Waals surface area contributed by atoms with Crippen molar-refractivity contribution >= 4 is 65.6 Å². The van der Waals surface area contributed by atoms with Crippen LogP contribution in [0.4, 0.5) is 0 Å². The van der Waals surface area contributed by atoms with Gasteiger partial charge in [-0.2, -0.15) is 0 Å². The minimum Gasteiger partial charge on any atom is -0.454 e. The van der Waals surface area contributed by atoms with Crippen LogP contribution in [0.2, 0.25) is 0 Å². The highest BCUT2D eigenvalue weighted by Gasteiger charge is 2.25. The Hall–Kier alpha value is -7.83. The lowest BCUT2D eigenvalue weighted by atomic mass is 10.0. The molecular weight excluding hydrogens is 699 g/mol. The highest BCUT2D eigenvalue weighted by Crippen LogP contribution is 2.46. The van der Waals surface area contributed by atoms with E-state index in [0.717, 1.165) is 77.3 Å². The lowest BCUT2D eigenvalue weighted by Crippen LogP contribution is -2.01. The smallest absolute Gasteiger partial charge is 0.164 e. The summed E-state index contributed by atoms with van der Waals surface area (Å²) in [5, 5.41) is 6.51. The second-order valence-corrected chi connectivity index (χ2v) is 14.4. The molecule has 4 heterocycles. The largest absolute Gasteiger partial charge is 0.454 e. The fourth-order valence-electron chi connectivity index (χ4n) is 8.66. The van der Waals surface area contributed by atoms with E-state index in [2.05, 4.69) is 124 Å². The first-order valence-electron chi connectivity index (χ1n) is 19.1. The van der Waals surface area contributed by atoms with Crippen LogP contribution >= 0.6 is 0 Å². The second kappa shape index (κ2) is 12.3. The van der Waals surface area contributed by atoms with E-state index in [4.69, 9.17) is 19.4 Å². The van der Waals surface area contributed by atoms with E-state index in [0.29, 0.717) is 17.5 Å². The fraction of sp³-hybridized carbons (Fsp3) is 0. The van der Waals surface area contributed by atoms with Gasteiger partial charge in [-0.15, -0.1) is 0 Å². The predicted molar refractivity (Wildman–Crippen MR) is 232 cm³/mol. The van der Waals surface area contributed by atoms with Crippen molar-refractivity contribution in [3.8, 4) is 45.5 Å². The summed E-state index contributed by atoms with van der Waals surface area (Å²) in [4.78, 5) is 15.5. The fourth-order valence-corrected chi connectivity index (χ4v) is 8.66. The van der Waals surface area contributed by atoms with Gasteiger partial charge in [0.15, 0.2) is 23.1 Å². The molecule has 4 aromatic heterocycles. The monoisotopic (exact) mass is 729 g/mol. The van der Waals surface area contributed by atoms with Gasteiger partial charge in [0.2, 0.25) is 0 Å². The summed E-state index contributed by atoms with van der Waals surface area (Å²) in [7, 11) is 0. The van der Waals surface area contributed by atoms with E-state index >= 15 is 0 Å². The van der Waals surface area contributed by atoms with Gasteiger partial charge >= 0.3 is 0 Å². The molecule has 0 bridgehead atoms. The van der Waals surface area contributed by atoms with Gasteiger partial charge in [0.1, 0.15) is 5.58 Å². The van der Waals surface area contributed by atoms with Gasteiger partial charge in [0, 0.05) is 60.4 Å². The minimum atomic E-state index is 0.601. The molecule has 57 heavy (non-hydrogen) atoms. The van der Waals surface area contributed by atoms with E-state index in [-0.39, 0.29) is 0 Å². The molecule has 266 valence electrons. The molecule has 0 atom stereocenters. The summed E-state index contributed by atoms with van der Waals surface area (Å²) in [5.41, 5.74) is 10.9. The number of hydrogen-bond donors (Lipinski definition) is 0. The third-order valence-corrected chi connectivity index (χ3v) is 11.2. The van der Waals surface area contributed by atoms with Crippen LogP contribution in [0.3, 0.4) is 0 Å². The van der Waals surface area contributed by atoms with Gasteiger partial charge in [-0.05, 0) is 54.6 Å². The van der Waals surface area contributed by atoms with Crippen molar-refractivity contribution in [2.75, 3.05) is 0 Å². The zero-order valence-electron chi connectivity index (χ0n) is 30.5. The lowest BCUT2D eigenvalue weighted by molar-refractivity contribution is 0.671. The topological polar surface area (TPSA) is 61.7 Å². The molecule has 0 aliphatic heterocycles. The summed E-state index contributed by atoms with van der Waals surface area (Å²) >= 11 is 0. The Morgan fingerprint density at radius 3 is 1.61 bits per heavy atom. The van der Waals surface area contributed by atoms with Crippen molar-refractivity contribution in [2.45, 2.75) is 0 Å². The number of nitrogens with zero attached hydrogens (tertiary/aromatic N) is 5.